The maximum atomic E-state index is 3.33. The van der Waals surface area contributed by atoms with Crippen LogP contribution >= 0.6 is 0 Å². The van der Waals surface area contributed by atoms with Crippen molar-refractivity contribution < 1.29 is 51.4 Å². The molecule has 0 N–H and O–H groups in total. The molecule has 0 aliphatic heterocycles. The van der Waals surface area contributed by atoms with Gasteiger partial charge in [0.15, 0.2) is 0 Å². The second-order valence-electron chi connectivity index (χ2n) is 3.87. The van der Waals surface area contributed by atoms with E-state index in [1.54, 1.807) is 0 Å². The van der Waals surface area contributed by atoms with E-state index in [1.807, 2.05) is 26.0 Å². The zero-order valence-electron chi connectivity index (χ0n) is 11.6. The first kappa shape index (κ1) is 15.9. The average molecular weight is 260 g/mol. The molecule has 0 spiro atoms. The molecule has 0 saturated heterocycles. The number of fused-ring (bicyclic) bond motifs is 3. The molecule has 0 aliphatic carbocycles. The van der Waals surface area contributed by atoms with Gasteiger partial charge in [-0.15, -0.1) is 35.0 Å². The minimum atomic E-state index is 0. The van der Waals surface area contributed by atoms with Gasteiger partial charge < -0.3 is 0 Å². The maximum absolute atomic E-state index is 3.33. The molecule has 0 atom stereocenters. The Bertz CT molecular complexity index is 641. The molecule has 0 fully saturated rings. The number of hydrogen-bond acceptors (Lipinski definition) is 0. The third-order valence-electron chi connectivity index (χ3n) is 2.89. The Labute approximate surface area is 152 Å². The summed E-state index contributed by atoms with van der Waals surface area (Å²) in [6.07, 6.45) is 0. The molecule has 3 aromatic carbocycles. The summed E-state index contributed by atoms with van der Waals surface area (Å²) in [5, 5.41) is 5.12. The van der Waals surface area contributed by atoms with E-state index >= 15 is 0 Å². The van der Waals surface area contributed by atoms with Gasteiger partial charge >= 0.3 is 51.4 Å². The topological polar surface area (TPSA) is 0 Å². The molecule has 86 valence electrons. The van der Waals surface area contributed by atoms with Crippen molar-refractivity contribution in [3.8, 4) is 0 Å². The predicted octanol–water partition coefficient (Wildman–Crippen LogP) is 2.13. The molecule has 0 nitrogen and oxygen atoms in total. The van der Waals surface area contributed by atoms with E-state index in [4.69, 9.17) is 0 Å². The van der Waals surface area contributed by atoms with Crippen LogP contribution in [0.5, 0.6) is 0 Å². The summed E-state index contributed by atoms with van der Waals surface area (Å²) < 4.78 is 0. The molecule has 0 unspecified atom stereocenters. The van der Waals surface area contributed by atoms with Gasteiger partial charge in [-0.05, 0) is 6.92 Å². The van der Waals surface area contributed by atoms with E-state index in [0.29, 0.717) is 0 Å². The average Bonchev–Trinajstić information content (AvgIpc) is 2.41. The van der Waals surface area contributed by atoms with Gasteiger partial charge in [-0.2, -0.15) is 0 Å². The van der Waals surface area contributed by atoms with E-state index in [1.165, 1.54) is 27.1 Å². The molecule has 1 heteroatoms. The first-order valence-corrected chi connectivity index (χ1v) is 6.15. The fourth-order valence-corrected chi connectivity index (χ4v) is 2.16. The molecule has 0 amide bonds. The number of benzene rings is 3. The van der Waals surface area contributed by atoms with Crippen molar-refractivity contribution in [2.75, 3.05) is 0 Å². The van der Waals surface area contributed by atoms with Gasteiger partial charge in [0.2, 0.25) is 0 Å². The van der Waals surface area contributed by atoms with Crippen molar-refractivity contribution in [2.45, 2.75) is 20.8 Å². The third-order valence-corrected chi connectivity index (χ3v) is 2.89. The smallest absolute Gasteiger partial charge is 0.147 e. The van der Waals surface area contributed by atoms with Crippen LogP contribution in [0.1, 0.15) is 19.4 Å². The molecule has 0 heterocycles. The van der Waals surface area contributed by atoms with Gasteiger partial charge in [-0.1, -0.05) is 60.5 Å². The molecule has 0 aliphatic rings. The third kappa shape index (κ3) is 3.04. The van der Waals surface area contributed by atoms with Crippen molar-refractivity contribution in [1.82, 2.24) is 0 Å². The summed E-state index contributed by atoms with van der Waals surface area (Å²) in [6.45, 7) is 6.16. The van der Waals surface area contributed by atoms with Crippen LogP contribution in [0.3, 0.4) is 0 Å². The van der Waals surface area contributed by atoms with Crippen LogP contribution < -0.4 is 51.4 Å². The summed E-state index contributed by atoms with van der Waals surface area (Å²) >= 11 is 0. The Morgan fingerprint density at radius 3 is 2.28 bits per heavy atom. The normalized spacial score (nSPS) is 9.50. The van der Waals surface area contributed by atoms with Crippen LogP contribution in [-0.2, 0) is 0 Å². The van der Waals surface area contributed by atoms with Gasteiger partial charge in [0.1, 0.15) is 0 Å². The molecule has 0 saturated carbocycles. The second kappa shape index (κ2) is 7.42. The fraction of sp³-hybridized carbons (Fsp3) is 0.176. The standard InChI is InChI=1S/C15H11.C2H6.K/c1-11-5-4-7-13-10-9-12-6-2-3-8-14(12)15(11)13;1-2;/h2-7,9-10H,1H3;1-2H3;/q-1;;+1. The van der Waals surface area contributed by atoms with Crippen molar-refractivity contribution in [2.24, 2.45) is 0 Å². The molecule has 3 rings (SSSR count). The SMILES string of the molecule is CC.Cc1cccc2ccc3ccc[c-]c3c12.[K+]. The summed E-state index contributed by atoms with van der Waals surface area (Å²) in [6, 6.07) is 20.2. The number of rotatable bonds is 0. The molecular weight excluding hydrogens is 243 g/mol. The minimum Gasteiger partial charge on any atom is -0.147 e. The maximum Gasteiger partial charge on any atom is 1.00 e. The number of hydrogen-bond donors (Lipinski definition) is 0. The van der Waals surface area contributed by atoms with Crippen LogP contribution in [0, 0.1) is 13.0 Å². The molecule has 18 heavy (non-hydrogen) atoms. The summed E-state index contributed by atoms with van der Waals surface area (Å²) in [5.41, 5.74) is 1.32. The van der Waals surface area contributed by atoms with E-state index in [0.717, 1.165) is 0 Å². The van der Waals surface area contributed by atoms with Gasteiger partial charge in [-0.25, -0.2) is 0 Å². The summed E-state index contributed by atoms with van der Waals surface area (Å²) in [5.74, 6) is 0. The first-order valence-electron chi connectivity index (χ1n) is 6.15. The van der Waals surface area contributed by atoms with E-state index in [-0.39, 0.29) is 51.4 Å². The number of aryl methyl sites for hydroxylation is 1. The second-order valence-corrected chi connectivity index (χ2v) is 3.87. The van der Waals surface area contributed by atoms with Crippen LogP contribution in [0.25, 0.3) is 21.5 Å². The zero-order valence-corrected chi connectivity index (χ0v) is 14.7. The molecular formula is C17H17K. The summed E-state index contributed by atoms with van der Waals surface area (Å²) in [7, 11) is 0. The van der Waals surface area contributed by atoms with Gasteiger partial charge in [0, 0.05) is 0 Å². The Kier molecular flexibility index (Phi) is 6.54. The summed E-state index contributed by atoms with van der Waals surface area (Å²) in [4.78, 5) is 0. The van der Waals surface area contributed by atoms with Crippen LogP contribution in [0.2, 0.25) is 0 Å². The predicted molar refractivity (Wildman–Crippen MR) is 76.4 cm³/mol. The van der Waals surface area contributed by atoms with E-state index in [9.17, 15) is 0 Å². The van der Waals surface area contributed by atoms with E-state index in [2.05, 4.69) is 49.4 Å². The largest absolute Gasteiger partial charge is 1.00 e. The fourth-order valence-electron chi connectivity index (χ4n) is 2.16. The first-order chi connectivity index (χ1) is 8.36. The quantitative estimate of drug-likeness (QED) is 0.330. The Balaban J connectivity index is 0.000000516. The molecule has 0 radical (unpaired) electrons. The minimum absolute atomic E-state index is 0. The van der Waals surface area contributed by atoms with Crippen molar-refractivity contribution in [1.29, 1.82) is 0 Å². The van der Waals surface area contributed by atoms with Crippen LogP contribution in [0.4, 0.5) is 0 Å². The molecule has 3 aromatic rings. The van der Waals surface area contributed by atoms with E-state index < -0.39 is 0 Å². The Morgan fingerprint density at radius 1 is 0.833 bits per heavy atom. The van der Waals surface area contributed by atoms with Gasteiger partial charge in [-0.3, -0.25) is 0 Å². The van der Waals surface area contributed by atoms with Crippen molar-refractivity contribution in [3.05, 3.63) is 60.2 Å². The van der Waals surface area contributed by atoms with Crippen LogP contribution in [0.15, 0.2) is 48.5 Å². The van der Waals surface area contributed by atoms with Crippen molar-refractivity contribution >= 4 is 21.5 Å². The van der Waals surface area contributed by atoms with Gasteiger partial charge in [0.25, 0.3) is 0 Å². The van der Waals surface area contributed by atoms with Crippen LogP contribution in [-0.4, -0.2) is 0 Å². The molecule has 0 aromatic heterocycles. The Morgan fingerprint density at radius 2 is 1.50 bits per heavy atom. The molecule has 0 bridgehead atoms. The van der Waals surface area contributed by atoms with Crippen molar-refractivity contribution in [3.63, 3.8) is 0 Å². The Hall–Kier alpha value is -0.184. The monoisotopic (exact) mass is 260 g/mol. The van der Waals surface area contributed by atoms with Gasteiger partial charge in [0.05, 0.1) is 0 Å². The zero-order chi connectivity index (χ0) is 12.3.